The van der Waals surface area contributed by atoms with Gasteiger partial charge in [0.1, 0.15) is 0 Å². The maximum Gasteiger partial charge on any atom is 0.226 e. The van der Waals surface area contributed by atoms with Crippen molar-refractivity contribution in [2.75, 3.05) is 10.6 Å². The second-order valence-electron chi connectivity index (χ2n) is 4.55. The Labute approximate surface area is 104 Å². The quantitative estimate of drug-likeness (QED) is 0.748. The molecule has 16 heavy (non-hydrogen) atoms. The molecule has 0 aromatic heterocycles. The van der Waals surface area contributed by atoms with Crippen LogP contribution in [0.1, 0.15) is 20.3 Å². The number of carbonyl (C=O) groups excluding carboxylic acids is 1. The van der Waals surface area contributed by atoms with E-state index in [0.717, 1.165) is 5.69 Å². The van der Waals surface area contributed by atoms with E-state index in [1.807, 2.05) is 13.8 Å². The molecule has 1 amide bonds. The van der Waals surface area contributed by atoms with E-state index in [9.17, 15) is 4.79 Å². The van der Waals surface area contributed by atoms with Gasteiger partial charge in [0, 0.05) is 12.0 Å². The Morgan fingerprint density at radius 1 is 1.19 bits per heavy atom. The van der Waals surface area contributed by atoms with Gasteiger partial charge in [0.05, 0.1) is 21.4 Å². The Morgan fingerprint density at radius 2 is 1.75 bits per heavy atom. The van der Waals surface area contributed by atoms with Crippen molar-refractivity contribution in [2.24, 2.45) is 0 Å². The number of nitrogens with one attached hydrogen (secondary N) is 2. The summed E-state index contributed by atoms with van der Waals surface area (Å²) in [7, 11) is 0. The van der Waals surface area contributed by atoms with Crippen molar-refractivity contribution in [2.45, 2.75) is 25.8 Å². The summed E-state index contributed by atoms with van der Waals surface area (Å²) in [6, 6.07) is 3.39. The molecule has 0 unspecified atom stereocenters. The Hall–Kier alpha value is -0.930. The second-order valence-corrected chi connectivity index (χ2v) is 5.36. The minimum absolute atomic E-state index is 0.0327. The molecule has 0 fully saturated rings. The van der Waals surface area contributed by atoms with E-state index in [2.05, 4.69) is 10.6 Å². The van der Waals surface area contributed by atoms with Crippen LogP contribution >= 0.6 is 23.2 Å². The molecule has 86 valence electrons. The lowest BCUT2D eigenvalue weighted by Gasteiger charge is -2.24. The Morgan fingerprint density at radius 3 is 2.38 bits per heavy atom. The zero-order chi connectivity index (χ0) is 11.9. The van der Waals surface area contributed by atoms with Crippen molar-refractivity contribution in [3.63, 3.8) is 0 Å². The van der Waals surface area contributed by atoms with E-state index >= 15 is 0 Å². The van der Waals surface area contributed by atoms with Crippen molar-refractivity contribution in [3.8, 4) is 0 Å². The van der Waals surface area contributed by atoms with Gasteiger partial charge in [0.25, 0.3) is 0 Å². The van der Waals surface area contributed by atoms with Crippen LogP contribution in [0.5, 0.6) is 0 Å². The first-order chi connectivity index (χ1) is 7.37. The monoisotopic (exact) mass is 258 g/mol. The maximum absolute atomic E-state index is 11.6. The molecule has 0 spiro atoms. The van der Waals surface area contributed by atoms with Crippen LogP contribution in [0, 0.1) is 0 Å². The third-order valence-electron chi connectivity index (χ3n) is 2.41. The molecule has 0 saturated carbocycles. The van der Waals surface area contributed by atoms with E-state index in [4.69, 9.17) is 23.2 Å². The minimum atomic E-state index is -0.299. The number of fused-ring (bicyclic) bond motifs is 1. The molecule has 1 aromatic carbocycles. The fourth-order valence-corrected chi connectivity index (χ4v) is 2.09. The first-order valence-electron chi connectivity index (χ1n) is 4.94. The molecule has 0 radical (unpaired) electrons. The summed E-state index contributed by atoms with van der Waals surface area (Å²) in [5, 5.41) is 6.98. The highest BCUT2D eigenvalue weighted by Crippen LogP contribution is 2.36. The molecular weight excluding hydrogens is 247 g/mol. The number of rotatable bonds is 0. The summed E-state index contributed by atoms with van der Waals surface area (Å²) in [6.07, 6.45) is 0.400. The zero-order valence-corrected chi connectivity index (χ0v) is 10.5. The normalized spacial score (nSPS) is 18.1. The number of carbonyl (C=O) groups is 1. The van der Waals surface area contributed by atoms with Crippen LogP contribution in [0.15, 0.2) is 12.1 Å². The molecule has 0 saturated heterocycles. The minimum Gasteiger partial charge on any atom is -0.378 e. The molecule has 2 rings (SSSR count). The number of hydrogen-bond donors (Lipinski definition) is 2. The maximum atomic E-state index is 11.6. The molecule has 1 aliphatic rings. The fourth-order valence-electron chi connectivity index (χ4n) is 1.76. The number of benzene rings is 1. The standard InChI is InChI=1S/C11H12Cl2N2O/c1-11(2)5-10(16)14-8-3-6(12)7(13)4-9(8)15-11/h3-4,15H,5H2,1-2H3,(H,14,16). The molecule has 0 aliphatic carbocycles. The largest absolute Gasteiger partial charge is 0.378 e. The van der Waals surface area contributed by atoms with Crippen molar-refractivity contribution in [3.05, 3.63) is 22.2 Å². The lowest BCUT2D eigenvalue weighted by Crippen LogP contribution is -2.32. The van der Waals surface area contributed by atoms with Gasteiger partial charge in [-0.25, -0.2) is 0 Å². The summed E-state index contributed by atoms with van der Waals surface area (Å²) in [5.41, 5.74) is 1.17. The molecule has 5 heteroatoms. The van der Waals surface area contributed by atoms with Crippen molar-refractivity contribution >= 4 is 40.5 Å². The average Bonchev–Trinajstić information content (AvgIpc) is 2.21. The van der Waals surface area contributed by atoms with E-state index in [-0.39, 0.29) is 11.4 Å². The van der Waals surface area contributed by atoms with Crippen molar-refractivity contribution in [1.82, 2.24) is 0 Å². The van der Waals surface area contributed by atoms with E-state index in [1.165, 1.54) is 0 Å². The van der Waals surface area contributed by atoms with Crippen LogP contribution in [-0.4, -0.2) is 11.4 Å². The highest BCUT2D eigenvalue weighted by atomic mass is 35.5. The van der Waals surface area contributed by atoms with Crippen molar-refractivity contribution < 1.29 is 4.79 Å². The van der Waals surface area contributed by atoms with Gasteiger partial charge in [-0.2, -0.15) is 0 Å². The first-order valence-corrected chi connectivity index (χ1v) is 5.70. The van der Waals surface area contributed by atoms with Crippen LogP contribution in [-0.2, 0) is 4.79 Å². The number of hydrogen-bond acceptors (Lipinski definition) is 2. The number of halogens is 2. The third-order valence-corrected chi connectivity index (χ3v) is 3.13. The van der Waals surface area contributed by atoms with Gasteiger partial charge in [-0.05, 0) is 26.0 Å². The summed E-state index contributed by atoms with van der Waals surface area (Å²) >= 11 is 11.9. The number of anilines is 2. The van der Waals surface area contributed by atoms with Gasteiger partial charge in [-0.15, -0.1) is 0 Å². The highest BCUT2D eigenvalue weighted by Gasteiger charge is 2.27. The van der Waals surface area contributed by atoms with Crippen LogP contribution in [0.25, 0.3) is 0 Å². The summed E-state index contributed by atoms with van der Waals surface area (Å²) < 4.78 is 0. The molecule has 0 bridgehead atoms. The zero-order valence-electron chi connectivity index (χ0n) is 9.03. The van der Waals surface area contributed by atoms with Crippen LogP contribution in [0.4, 0.5) is 11.4 Å². The summed E-state index contributed by atoms with van der Waals surface area (Å²) in [5.74, 6) is -0.0327. The fraction of sp³-hybridized carbons (Fsp3) is 0.364. The SMILES string of the molecule is CC1(C)CC(=O)Nc2cc(Cl)c(Cl)cc2N1. The molecule has 1 aliphatic heterocycles. The van der Waals surface area contributed by atoms with Gasteiger partial charge in [0.2, 0.25) is 5.91 Å². The van der Waals surface area contributed by atoms with Gasteiger partial charge in [-0.1, -0.05) is 23.2 Å². The Balaban J connectivity index is 2.50. The molecule has 0 atom stereocenters. The van der Waals surface area contributed by atoms with Gasteiger partial charge >= 0.3 is 0 Å². The number of amides is 1. The van der Waals surface area contributed by atoms with Crippen LogP contribution in [0.3, 0.4) is 0 Å². The lowest BCUT2D eigenvalue weighted by molar-refractivity contribution is -0.116. The smallest absolute Gasteiger partial charge is 0.226 e. The summed E-state index contributed by atoms with van der Waals surface area (Å²) in [6.45, 7) is 3.92. The topological polar surface area (TPSA) is 41.1 Å². The Bertz CT molecular complexity index is 458. The summed E-state index contributed by atoms with van der Waals surface area (Å²) in [4.78, 5) is 11.6. The van der Waals surface area contributed by atoms with Gasteiger partial charge < -0.3 is 10.6 Å². The third kappa shape index (κ3) is 2.25. The predicted octanol–water partition coefficient (Wildman–Crippen LogP) is 3.53. The molecule has 1 heterocycles. The highest BCUT2D eigenvalue weighted by molar-refractivity contribution is 6.42. The van der Waals surface area contributed by atoms with Crippen LogP contribution in [0.2, 0.25) is 10.0 Å². The van der Waals surface area contributed by atoms with E-state index in [0.29, 0.717) is 22.2 Å². The van der Waals surface area contributed by atoms with E-state index in [1.54, 1.807) is 12.1 Å². The first kappa shape index (κ1) is 11.6. The average molecular weight is 259 g/mol. The Kier molecular flexibility index (Phi) is 2.76. The predicted molar refractivity (Wildman–Crippen MR) is 67.4 cm³/mol. The molecule has 3 nitrogen and oxygen atoms in total. The second kappa shape index (κ2) is 3.82. The van der Waals surface area contributed by atoms with Crippen molar-refractivity contribution in [1.29, 1.82) is 0 Å². The van der Waals surface area contributed by atoms with E-state index < -0.39 is 0 Å². The molecular formula is C11H12Cl2N2O. The molecule has 2 N–H and O–H groups in total. The van der Waals surface area contributed by atoms with Gasteiger partial charge in [-0.3, -0.25) is 4.79 Å². The van der Waals surface area contributed by atoms with Gasteiger partial charge in [0.15, 0.2) is 0 Å². The molecule has 1 aromatic rings. The van der Waals surface area contributed by atoms with Crippen LogP contribution < -0.4 is 10.6 Å². The lowest BCUT2D eigenvalue weighted by atomic mass is 10.0.